The first-order valence-electron chi connectivity index (χ1n) is 17.6. The van der Waals surface area contributed by atoms with E-state index in [2.05, 4.69) is 10.1 Å². The van der Waals surface area contributed by atoms with Crippen LogP contribution in [0.5, 0.6) is 0 Å². The molecule has 47 heavy (non-hydrogen) atoms. The van der Waals surface area contributed by atoms with Crippen LogP contribution in [0.15, 0.2) is 0 Å². The molecule has 0 aromatic rings. The fourth-order valence-corrected chi connectivity index (χ4v) is 9.07. The van der Waals surface area contributed by atoms with E-state index in [9.17, 15) is 36.6 Å². The number of carbonyl (C=O) groups excluding carboxylic acids is 2. The molecule has 0 heterocycles. The molecule has 4 N–H and O–H groups in total. The number of hydrogen-bond acceptors (Lipinski definition) is 9. The Morgan fingerprint density at radius 2 is 1.40 bits per heavy atom. The van der Waals surface area contributed by atoms with E-state index in [4.69, 9.17) is 0 Å². The van der Waals surface area contributed by atoms with Crippen molar-refractivity contribution >= 4 is 31.9 Å². The maximum Gasteiger partial charge on any atom is 0.226 e. The molecule has 2 aliphatic rings. The third kappa shape index (κ3) is 12.5. The van der Waals surface area contributed by atoms with Crippen molar-refractivity contribution in [1.29, 1.82) is 0 Å². The van der Waals surface area contributed by atoms with Crippen LogP contribution in [0.3, 0.4) is 0 Å². The highest BCUT2D eigenvalue weighted by molar-refractivity contribution is 7.90. The Morgan fingerprint density at radius 3 is 1.91 bits per heavy atom. The Hall–Kier alpha value is -1.36. The molecule has 5 atom stereocenters. The van der Waals surface area contributed by atoms with Gasteiger partial charge in [-0.3, -0.25) is 9.59 Å². The van der Waals surface area contributed by atoms with Crippen LogP contribution in [0.4, 0.5) is 0 Å². The van der Waals surface area contributed by atoms with Crippen molar-refractivity contribution in [3.05, 3.63) is 0 Å². The number of rotatable bonds is 19. The van der Waals surface area contributed by atoms with Gasteiger partial charge in [-0.1, -0.05) is 20.8 Å². The molecule has 15 heteroatoms. The second kappa shape index (κ2) is 19.1. The molecule has 0 aromatic heterocycles. The first-order chi connectivity index (χ1) is 22.0. The standard InChI is InChI=1S/C32H63N5O8S2/c1-8-15-36(16-9-2)32(41)26-19-25(20-28(21-26)47(44,45)35(6)7)31(40)33-29(18-24-11-13-27(38)14-12-24)30(39)22-37(17-10-3)34-46(42,43)23(4)5/h23-30,34,38-39H,8-22H2,1-7H3,(H,33,40). The minimum atomic E-state index is -3.76. The van der Waals surface area contributed by atoms with Crippen molar-refractivity contribution in [3.8, 4) is 0 Å². The summed E-state index contributed by atoms with van der Waals surface area (Å²) >= 11 is 0. The molecule has 2 saturated carbocycles. The molecule has 0 spiro atoms. The van der Waals surface area contributed by atoms with Crippen LogP contribution in [0, 0.1) is 17.8 Å². The quantitative estimate of drug-likeness (QED) is 0.146. The summed E-state index contributed by atoms with van der Waals surface area (Å²) in [5.41, 5.74) is 0. The number of hydrogen-bond donors (Lipinski definition) is 4. The number of nitrogens with one attached hydrogen (secondary N) is 2. The van der Waals surface area contributed by atoms with Gasteiger partial charge < -0.3 is 20.4 Å². The van der Waals surface area contributed by atoms with Crippen molar-refractivity contribution in [2.75, 3.05) is 40.3 Å². The summed E-state index contributed by atoms with van der Waals surface area (Å²) in [4.78, 5) is 32.1. The molecule has 2 fully saturated rings. The summed E-state index contributed by atoms with van der Waals surface area (Å²) in [6.45, 7) is 10.4. The van der Waals surface area contributed by atoms with Gasteiger partial charge >= 0.3 is 0 Å². The van der Waals surface area contributed by atoms with Gasteiger partial charge in [-0.2, -0.15) is 0 Å². The lowest BCUT2D eigenvalue weighted by Gasteiger charge is -2.38. The fourth-order valence-electron chi connectivity index (χ4n) is 6.79. The normalized spacial score (nSPS) is 25.6. The van der Waals surface area contributed by atoms with Crippen LogP contribution in [0.1, 0.15) is 105 Å². The third-order valence-corrected chi connectivity index (χ3v) is 13.6. The van der Waals surface area contributed by atoms with Gasteiger partial charge in [-0.25, -0.2) is 26.1 Å². The van der Waals surface area contributed by atoms with Crippen LogP contribution in [-0.2, 0) is 29.6 Å². The molecule has 0 bridgehead atoms. The van der Waals surface area contributed by atoms with Gasteiger partial charge in [0.1, 0.15) is 0 Å². The zero-order valence-corrected chi connectivity index (χ0v) is 31.4. The second-order valence-electron chi connectivity index (χ2n) is 14.1. The Bertz CT molecular complexity index is 1190. The van der Waals surface area contributed by atoms with Gasteiger partial charge in [-0.05, 0) is 90.4 Å². The molecule has 0 aromatic carbocycles. The maximum atomic E-state index is 14.0. The van der Waals surface area contributed by atoms with E-state index in [1.165, 1.54) is 19.1 Å². The Kier molecular flexibility index (Phi) is 17.0. The van der Waals surface area contributed by atoms with Crippen molar-refractivity contribution in [2.24, 2.45) is 17.8 Å². The van der Waals surface area contributed by atoms with Crippen LogP contribution >= 0.6 is 0 Å². The molecule has 2 amide bonds. The van der Waals surface area contributed by atoms with E-state index in [-0.39, 0.29) is 43.7 Å². The zero-order chi connectivity index (χ0) is 35.5. The summed E-state index contributed by atoms with van der Waals surface area (Å²) in [5.74, 6) is -1.81. The van der Waals surface area contributed by atoms with E-state index in [1.54, 1.807) is 18.7 Å². The molecule has 5 unspecified atom stereocenters. The molecule has 2 rings (SSSR count). The number of nitrogens with zero attached hydrogens (tertiary/aromatic N) is 3. The van der Waals surface area contributed by atoms with E-state index in [0.29, 0.717) is 45.3 Å². The first kappa shape index (κ1) is 41.8. The second-order valence-corrected chi connectivity index (χ2v) is 18.7. The molecular weight excluding hydrogens is 647 g/mol. The van der Waals surface area contributed by atoms with Crippen LogP contribution in [0.2, 0.25) is 0 Å². The van der Waals surface area contributed by atoms with E-state index in [0.717, 1.165) is 30.0 Å². The van der Waals surface area contributed by atoms with E-state index < -0.39 is 60.4 Å². The lowest BCUT2D eigenvalue weighted by Crippen LogP contribution is -2.55. The molecule has 0 radical (unpaired) electrons. The van der Waals surface area contributed by atoms with E-state index >= 15 is 0 Å². The number of carbonyl (C=O) groups is 2. The Balaban J connectivity index is 2.37. The summed E-state index contributed by atoms with van der Waals surface area (Å²) < 4.78 is 53.2. The Morgan fingerprint density at radius 1 is 0.851 bits per heavy atom. The topological polar surface area (TPSA) is 177 Å². The molecule has 0 aliphatic heterocycles. The maximum absolute atomic E-state index is 14.0. The number of hydrazine groups is 1. The summed E-state index contributed by atoms with van der Waals surface area (Å²) in [7, 11) is -4.52. The lowest BCUT2D eigenvalue weighted by atomic mass is 9.79. The van der Waals surface area contributed by atoms with Crippen molar-refractivity contribution in [1.82, 2.24) is 24.4 Å². The van der Waals surface area contributed by atoms with Gasteiger partial charge in [0, 0.05) is 52.1 Å². The van der Waals surface area contributed by atoms with E-state index in [1.807, 2.05) is 20.8 Å². The van der Waals surface area contributed by atoms with Crippen molar-refractivity contribution < 1.29 is 36.6 Å². The monoisotopic (exact) mass is 709 g/mol. The fraction of sp³-hybridized carbons (Fsp3) is 0.938. The lowest BCUT2D eigenvalue weighted by molar-refractivity contribution is -0.138. The van der Waals surface area contributed by atoms with Crippen LogP contribution in [-0.4, -0.2) is 122 Å². The van der Waals surface area contributed by atoms with Gasteiger partial charge in [0.25, 0.3) is 0 Å². The van der Waals surface area contributed by atoms with Gasteiger partial charge in [0.05, 0.1) is 28.7 Å². The van der Waals surface area contributed by atoms with Gasteiger partial charge in [0.15, 0.2) is 0 Å². The average molecular weight is 710 g/mol. The van der Waals surface area contributed by atoms with Crippen LogP contribution in [0.25, 0.3) is 0 Å². The highest BCUT2D eigenvalue weighted by Gasteiger charge is 2.44. The van der Waals surface area contributed by atoms with Gasteiger partial charge in [-0.15, -0.1) is 4.83 Å². The predicted octanol–water partition coefficient (Wildman–Crippen LogP) is 2.05. The first-order valence-corrected chi connectivity index (χ1v) is 20.6. The third-order valence-electron chi connectivity index (χ3n) is 9.59. The number of amides is 2. The number of aliphatic hydroxyl groups excluding tert-OH is 2. The number of aliphatic hydroxyl groups is 2. The number of sulfonamides is 2. The minimum absolute atomic E-state index is 0.0618. The molecular formula is C32H63N5O8S2. The summed E-state index contributed by atoms with van der Waals surface area (Å²) in [6, 6.07) is -0.748. The minimum Gasteiger partial charge on any atom is -0.393 e. The molecule has 2 aliphatic carbocycles. The van der Waals surface area contributed by atoms with Crippen molar-refractivity contribution in [3.63, 3.8) is 0 Å². The largest absolute Gasteiger partial charge is 0.393 e. The summed E-state index contributed by atoms with van der Waals surface area (Å²) in [6.07, 6.45) is 4.19. The van der Waals surface area contributed by atoms with Crippen LogP contribution < -0.4 is 10.1 Å². The SMILES string of the molecule is CCCN(CC(O)C(CC1CCC(O)CC1)NC(=O)C1CC(C(=O)N(CCC)CCC)CC(S(=O)(=O)N(C)C)C1)NS(=O)(=O)C(C)C. The molecule has 0 saturated heterocycles. The Labute approximate surface area is 284 Å². The highest BCUT2D eigenvalue weighted by Crippen LogP contribution is 2.36. The zero-order valence-electron chi connectivity index (χ0n) is 29.7. The summed E-state index contributed by atoms with van der Waals surface area (Å²) in [5, 5.41) is 24.5. The molecule has 276 valence electrons. The average Bonchev–Trinajstić information content (AvgIpc) is 3.00. The van der Waals surface area contributed by atoms with Gasteiger partial charge in [0.2, 0.25) is 31.9 Å². The smallest absolute Gasteiger partial charge is 0.226 e. The molecule has 13 nitrogen and oxygen atoms in total. The van der Waals surface area contributed by atoms with Crippen molar-refractivity contribution in [2.45, 2.75) is 134 Å². The highest BCUT2D eigenvalue weighted by atomic mass is 32.2. The predicted molar refractivity (Wildman–Crippen MR) is 184 cm³/mol.